The average Bonchev–Trinajstić information content (AvgIpc) is 3.30. The number of carbonyl (C=O) groups excluding carboxylic acids is 1. The number of nitrogens with one attached hydrogen (secondary N) is 2. The second-order valence-electron chi connectivity index (χ2n) is 8.00. The first-order chi connectivity index (χ1) is 13.0. The van der Waals surface area contributed by atoms with Gasteiger partial charge in [-0.05, 0) is 62.7 Å². The van der Waals surface area contributed by atoms with Crippen molar-refractivity contribution in [3.63, 3.8) is 0 Å². The molecule has 0 bridgehead atoms. The van der Waals surface area contributed by atoms with Crippen molar-refractivity contribution in [2.45, 2.75) is 26.2 Å². The highest BCUT2D eigenvalue weighted by Crippen LogP contribution is 2.25. The zero-order valence-electron chi connectivity index (χ0n) is 15.7. The maximum Gasteiger partial charge on any atom is 0.273 e. The topological polar surface area (TPSA) is 105 Å². The quantitative estimate of drug-likeness (QED) is 0.733. The predicted octanol–water partition coefficient (Wildman–Crippen LogP) is 0.726. The summed E-state index contributed by atoms with van der Waals surface area (Å²) in [5.41, 5.74) is 1.26. The highest BCUT2D eigenvalue weighted by Gasteiger charge is 2.32. The number of rotatable bonds is 4. The number of aromatic nitrogens is 3. The molecule has 2 saturated heterocycles. The predicted molar refractivity (Wildman–Crippen MR) is 102 cm³/mol. The van der Waals surface area contributed by atoms with E-state index < -0.39 is 0 Å². The van der Waals surface area contributed by atoms with Gasteiger partial charge in [-0.3, -0.25) is 19.8 Å². The van der Waals surface area contributed by atoms with Crippen molar-refractivity contribution in [3.8, 4) is 0 Å². The Kier molecular flexibility index (Phi) is 5.01. The Morgan fingerprint density at radius 1 is 1.26 bits per heavy atom. The highest BCUT2D eigenvalue weighted by molar-refractivity contribution is 5.95. The first kappa shape index (κ1) is 18.2. The fourth-order valence-corrected chi connectivity index (χ4v) is 4.58. The number of fused-ring (bicyclic) bond motifs is 1. The lowest BCUT2D eigenvalue weighted by Crippen LogP contribution is -2.47. The second kappa shape index (κ2) is 7.44. The zero-order valence-corrected chi connectivity index (χ0v) is 15.7. The molecule has 0 aromatic carbocycles. The molecule has 8 heteroatoms. The van der Waals surface area contributed by atoms with Gasteiger partial charge in [-0.2, -0.15) is 0 Å². The summed E-state index contributed by atoms with van der Waals surface area (Å²) in [7, 11) is 0. The van der Waals surface area contributed by atoms with Gasteiger partial charge >= 0.3 is 0 Å². The Bertz CT molecular complexity index is 883. The van der Waals surface area contributed by atoms with Gasteiger partial charge in [0.1, 0.15) is 5.69 Å². The van der Waals surface area contributed by atoms with Crippen LogP contribution in [0.4, 0.5) is 0 Å². The monoisotopic (exact) mass is 373 g/mol. The molecule has 8 nitrogen and oxygen atoms in total. The average molecular weight is 373 g/mol. The van der Waals surface area contributed by atoms with Crippen molar-refractivity contribution in [1.29, 1.82) is 0 Å². The Morgan fingerprint density at radius 2 is 2.00 bits per heavy atom. The van der Waals surface area contributed by atoms with Crippen LogP contribution in [0, 0.1) is 18.8 Å². The summed E-state index contributed by atoms with van der Waals surface area (Å²) in [5.74, 6) is 0.341. The number of hydrogen-bond donors (Lipinski definition) is 3. The van der Waals surface area contributed by atoms with Crippen molar-refractivity contribution in [2.24, 2.45) is 11.8 Å². The molecule has 4 heterocycles. The van der Waals surface area contributed by atoms with Crippen molar-refractivity contribution >= 4 is 16.9 Å². The van der Waals surface area contributed by atoms with Crippen molar-refractivity contribution in [3.05, 3.63) is 27.7 Å². The minimum Gasteiger partial charge on any atom is -0.396 e. The molecule has 0 saturated carbocycles. The molecule has 3 N–H and O–H groups in total. The third kappa shape index (κ3) is 3.64. The lowest BCUT2D eigenvalue weighted by Gasteiger charge is -2.38. The Morgan fingerprint density at radius 3 is 2.74 bits per heavy atom. The molecule has 0 unspecified atom stereocenters. The Hall–Kier alpha value is -2.19. The van der Waals surface area contributed by atoms with Crippen LogP contribution in [0.15, 0.2) is 10.9 Å². The normalized spacial score (nSPS) is 24.0. The van der Waals surface area contributed by atoms with E-state index in [-0.39, 0.29) is 24.0 Å². The summed E-state index contributed by atoms with van der Waals surface area (Å²) < 4.78 is 0. The standard InChI is InChI=1S/C19H27N5O3/c1-12-6-15(20-17-16(12)18(26)22-21-17)19(27)24-9-13(7-14(10-24)11-25)8-23-4-2-3-5-23/h6,13-14,25H,2-5,7-11H2,1H3,(H2,20,21,22,26)/t13-,14+/m1/s1. The molecule has 2 fully saturated rings. The number of H-pyrrole nitrogens is 2. The van der Waals surface area contributed by atoms with Crippen LogP contribution >= 0.6 is 0 Å². The van der Waals surface area contributed by atoms with Crippen LogP contribution in [0.3, 0.4) is 0 Å². The molecule has 1 amide bonds. The van der Waals surface area contributed by atoms with E-state index >= 15 is 0 Å². The van der Waals surface area contributed by atoms with Gasteiger partial charge in [-0.25, -0.2) is 4.98 Å². The summed E-state index contributed by atoms with van der Waals surface area (Å²) >= 11 is 0. The van der Waals surface area contributed by atoms with Gasteiger partial charge in [0.25, 0.3) is 11.5 Å². The van der Waals surface area contributed by atoms with Gasteiger partial charge < -0.3 is 14.9 Å². The number of carbonyl (C=O) groups is 1. The molecule has 2 aliphatic rings. The van der Waals surface area contributed by atoms with Gasteiger partial charge in [-0.1, -0.05) is 0 Å². The van der Waals surface area contributed by atoms with E-state index in [2.05, 4.69) is 20.1 Å². The molecule has 0 aliphatic carbocycles. The van der Waals surface area contributed by atoms with Crippen LogP contribution in [-0.4, -0.2) is 75.3 Å². The van der Waals surface area contributed by atoms with Crippen molar-refractivity contribution in [2.75, 3.05) is 39.3 Å². The van der Waals surface area contributed by atoms with Crippen LogP contribution in [0.2, 0.25) is 0 Å². The van der Waals surface area contributed by atoms with Crippen LogP contribution in [0.1, 0.15) is 35.3 Å². The molecule has 0 spiro atoms. The van der Waals surface area contributed by atoms with Gasteiger partial charge in [0, 0.05) is 26.2 Å². The maximum absolute atomic E-state index is 13.1. The maximum atomic E-state index is 13.1. The molecule has 2 aliphatic heterocycles. The fourth-order valence-electron chi connectivity index (χ4n) is 4.58. The van der Waals surface area contributed by atoms with E-state index in [9.17, 15) is 14.7 Å². The third-order valence-electron chi connectivity index (χ3n) is 5.84. The first-order valence-corrected chi connectivity index (χ1v) is 9.75. The summed E-state index contributed by atoms with van der Waals surface area (Å²) in [6.45, 7) is 6.39. The summed E-state index contributed by atoms with van der Waals surface area (Å²) in [6, 6.07) is 1.69. The van der Waals surface area contributed by atoms with Crippen LogP contribution in [-0.2, 0) is 0 Å². The molecular weight excluding hydrogens is 346 g/mol. The molecule has 2 atom stereocenters. The lowest BCUT2D eigenvalue weighted by molar-refractivity contribution is 0.0460. The van der Waals surface area contributed by atoms with Gasteiger partial charge in [0.15, 0.2) is 5.65 Å². The largest absolute Gasteiger partial charge is 0.396 e. The SMILES string of the molecule is Cc1cc(C(=O)N2C[C@@H](CN3CCCC3)C[C@H](CO)C2)nc2[nH][nH]c(=O)c12. The number of nitrogens with zero attached hydrogens (tertiary/aromatic N) is 3. The zero-order chi connectivity index (χ0) is 19.0. The van der Waals surface area contributed by atoms with E-state index in [1.165, 1.54) is 12.8 Å². The molecule has 4 rings (SSSR count). The van der Waals surface area contributed by atoms with Gasteiger partial charge in [0.2, 0.25) is 0 Å². The van der Waals surface area contributed by atoms with Crippen LogP contribution in [0.5, 0.6) is 0 Å². The number of pyridine rings is 1. The molecule has 2 aromatic rings. The van der Waals surface area contributed by atoms with Crippen LogP contribution < -0.4 is 5.56 Å². The highest BCUT2D eigenvalue weighted by atomic mass is 16.3. The molecule has 0 radical (unpaired) electrons. The first-order valence-electron chi connectivity index (χ1n) is 9.75. The Labute approximate surface area is 157 Å². The van der Waals surface area contributed by atoms with Crippen molar-refractivity contribution in [1.82, 2.24) is 25.0 Å². The molecule has 27 heavy (non-hydrogen) atoms. The number of aliphatic hydroxyl groups excluding tert-OH is 1. The van der Waals surface area contributed by atoms with E-state index in [0.717, 1.165) is 31.6 Å². The summed E-state index contributed by atoms with van der Waals surface area (Å²) in [6.07, 6.45) is 3.45. The summed E-state index contributed by atoms with van der Waals surface area (Å²) in [4.78, 5) is 33.6. The number of aromatic amines is 2. The second-order valence-corrected chi connectivity index (χ2v) is 8.00. The fraction of sp³-hybridized carbons (Fsp3) is 0.632. The smallest absolute Gasteiger partial charge is 0.273 e. The minimum absolute atomic E-state index is 0.0941. The van der Waals surface area contributed by atoms with Gasteiger partial charge in [0.05, 0.1) is 5.39 Å². The number of likely N-dealkylation sites (tertiary alicyclic amines) is 2. The number of amides is 1. The lowest BCUT2D eigenvalue weighted by atomic mass is 9.89. The molecule has 146 valence electrons. The van der Waals surface area contributed by atoms with E-state index in [1.807, 2.05) is 11.8 Å². The number of piperidine rings is 1. The number of hydrogen-bond acceptors (Lipinski definition) is 5. The molecule has 2 aromatic heterocycles. The number of aryl methyl sites for hydroxylation is 1. The van der Waals surface area contributed by atoms with Gasteiger partial charge in [-0.15, -0.1) is 0 Å². The molecular formula is C19H27N5O3. The third-order valence-corrected chi connectivity index (χ3v) is 5.84. The number of aliphatic hydroxyl groups is 1. The van der Waals surface area contributed by atoms with Crippen molar-refractivity contribution < 1.29 is 9.90 Å². The summed E-state index contributed by atoms with van der Waals surface area (Å²) in [5, 5.41) is 15.5. The van der Waals surface area contributed by atoms with E-state index in [4.69, 9.17) is 0 Å². The minimum atomic E-state index is -0.224. The van der Waals surface area contributed by atoms with E-state index in [0.29, 0.717) is 35.7 Å². The van der Waals surface area contributed by atoms with Crippen LogP contribution in [0.25, 0.3) is 11.0 Å². The Balaban J connectivity index is 1.55. The van der Waals surface area contributed by atoms with E-state index in [1.54, 1.807) is 6.07 Å².